The number of urea groups is 1. The summed E-state index contributed by atoms with van der Waals surface area (Å²) < 4.78 is 0. The Kier molecular flexibility index (Phi) is 5.54. The van der Waals surface area contributed by atoms with Crippen LogP contribution in [0.1, 0.15) is 13.3 Å². The third-order valence-electron chi connectivity index (χ3n) is 2.80. The molecule has 1 aromatic carbocycles. The van der Waals surface area contributed by atoms with Gasteiger partial charge in [-0.3, -0.25) is 4.79 Å². The number of aliphatic hydroxyl groups is 1. The van der Waals surface area contributed by atoms with E-state index < -0.39 is 24.0 Å². The highest BCUT2D eigenvalue weighted by Crippen LogP contribution is 2.23. The largest absolute Gasteiger partial charge is 0.481 e. The zero-order chi connectivity index (χ0) is 16.0. The maximum atomic E-state index is 11.8. The molecule has 1 atom stereocenters. The first kappa shape index (κ1) is 16.8. The number of nitrogens with zero attached hydrogens (tertiary/aromatic N) is 1. The van der Waals surface area contributed by atoms with E-state index in [9.17, 15) is 14.7 Å². The van der Waals surface area contributed by atoms with Crippen LogP contribution in [0.2, 0.25) is 0 Å². The summed E-state index contributed by atoms with van der Waals surface area (Å²) >= 11 is 0. The number of aliphatic carboxylic acids is 1. The average molecular weight is 295 g/mol. The number of benzene rings is 1. The summed E-state index contributed by atoms with van der Waals surface area (Å²) in [5.41, 5.74) is -0.0348. The van der Waals surface area contributed by atoms with Crippen molar-refractivity contribution in [2.75, 3.05) is 30.9 Å². The Labute approximate surface area is 123 Å². The molecule has 0 aromatic heterocycles. The number of rotatable bonds is 6. The summed E-state index contributed by atoms with van der Waals surface area (Å²) in [6, 6.07) is 6.76. The number of hydrogen-bond donors (Lipinski definition) is 4. The summed E-state index contributed by atoms with van der Waals surface area (Å²) in [4.78, 5) is 24.3. The molecule has 0 saturated carbocycles. The van der Waals surface area contributed by atoms with Crippen LogP contribution in [0.15, 0.2) is 24.3 Å². The molecule has 0 fully saturated rings. The minimum Gasteiger partial charge on any atom is -0.481 e. The number of anilines is 2. The van der Waals surface area contributed by atoms with E-state index in [0.717, 1.165) is 5.69 Å². The van der Waals surface area contributed by atoms with Crippen molar-refractivity contribution in [3.63, 3.8) is 0 Å². The van der Waals surface area contributed by atoms with Gasteiger partial charge < -0.3 is 25.7 Å². The quantitative estimate of drug-likeness (QED) is 0.629. The minimum absolute atomic E-state index is 0.157. The first-order valence-corrected chi connectivity index (χ1v) is 6.47. The fraction of sp³-hybridized carbons (Fsp3) is 0.429. The molecule has 0 aliphatic carbocycles. The van der Waals surface area contributed by atoms with E-state index in [1.54, 1.807) is 12.1 Å². The van der Waals surface area contributed by atoms with Crippen LogP contribution in [0, 0.1) is 0 Å². The molecule has 0 saturated heterocycles. The lowest BCUT2D eigenvalue weighted by Crippen LogP contribution is -2.43. The monoisotopic (exact) mass is 295 g/mol. The van der Waals surface area contributed by atoms with E-state index in [0.29, 0.717) is 5.69 Å². The van der Waals surface area contributed by atoms with Crippen LogP contribution in [-0.2, 0) is 4.79 Å². The second-order valence-electron chi connectivity index (χ2n) is 5.29. The van der Waals surface area contributed by atoms with Gasteiger partial charge >= 0.3 is 12.0 Å². The van der Waals surface area contributed by atoms with Crippen molar-refractivity contribution in [2.24, 2.45) is 0 Å². The predicted molar refractivity (Wildman–Crippen MR) is 80.7 cm³/mol. The molecule has 1 rings (SSSR count). The highest BCUT2D eigenvalue weighted by Gasteiger charge is 2.24. The SMILES string of the molecule is CN(C)c1ccccc1NC(=O)NCC(C)(O)CC(=O)O. The van der Waals surface area contributed by atoms with Crippen LogP contribution < -0.4 is 15.5 Å². The summed E-state index contributed by atoms with van der Waals surface area (Å²) in [6.45, 7) is 1.20. The minimum atomic E-state index is -1.50. The van der Waals surface area contributed by atoms with Crippen molar-refractivity contribution in [2.45, 2.75) is 18.9 Å². The van der Waals surface area contributed by atoms with E-state index in [4.69, 9.17) is 5.11 Å². The second kappa shape index (κ2) is 6.94. The highest BCUT2D eigenvalue weighted by atomic mass is 16.4. The fourth-order valence-corrected chi connectivity index (χ4v) is 1.79. The van der Waals surface area contributed by atoms with E-state index in [2.05, 4.69) is 10.6 Å². The molecule has 7 nitrogen and oxygen atoms in total. The second-order valence-corrected chi connectivity index (χ2v) is 5.29. The van der Waals surface area contributed by atoms with Crippen molar-refractivity contribution in [3.8, 4) is 0 Å². The normalized spacial score (nSPS) is 13.1. The van der Waals surface area contributed by atoms with Crippen LogP contribution in [0.25, 0.3) is 0 Å². The van der Waals surface area contributed by atoms with Crippen molar-refractivity contribution in [1.82, 2.24) is 5.32 Å². The zero-order valence-corrected chi connectivity index (χ0v) is 12.4. The molecule has 0 spiro atoms. The molecule has 0 heterocycles. The highest BCUT2D eigenvalue weighted by molar-refractivity contribution is 5.93. The maximum absolute atomic E-state index is 11.8. The molecule has 1 aromatic rings. The van der Waals surface area contributed by atoms with Gasteiger partial charge in [-0.2, -0.15) is 0 Å². The first-order chi connectivity index (χ1) is 9.71. The summed E-state index contributed by atoms with van der Waals surface area (Å²) in [6.07, 6.45) is -0.443. The van der Waals surface area contributed by atoms with E-state index >= 15 is 0 Å². The Balaban J connectivity index is 2.61. The standard InChI is InChI=1S/C14H21N3O4/c1-14(21,8-12(18)19)9-15-13(20)16-10-6-4-5-7-11(10)17(2)3/h4-7,21H,8-9H2,1-3H3,(H,18,19)(H2,15,16,20). The number of amides is 2. The molecule has 0 aliphatic rings. The van der Waals surface area contributed by atoms with Crippen molar-refractivity contribution < 1.29 is 19.8 Å². The summed E-state index contributed by atoms with van der Waals surface area (Å²) in [7, 11) is 3.71. The lowest BCUT2D eigenvalue weighted by Gasteiger charge is -2.22. The van der Waals surface area contributed by atoms with Crippen LogP contribution in [0.4, 0.5) is 16.2 Å². The van der Waals surface area contributed by atoms with E-state index in [-0.39, 0.29) is 6.54 Å². The van der Waals surface area contributed by atoms with Gasteiger partial charge in [0.2, 0.25) is 0 Å². The molecule has 1 unspecified atom stereocenters. The molecule has 0 bridgehead atoms. The zero-order valence-electron chi connectivity index (χ0n) is 12.4. The Morgan fingerprint density at radius 1 is 1.29 bits per heavy atom. The van der Waals surface area contributed by atoms with Crippen LogP contribution in [-0.4, -0.2) is 48.5 Å². The lowest BCUT2D eigenvalue weighted by atomic mass is 10.0. The van der Waals surface area contributed by atoms with Gasteiger partial charge in [0.05, 0.1) is 23.4 Å². The smallest absolute Gasteiger partial charge is 0.319 e. The molecular weight excluding hydrogens is 274 g/mol. The van der Waals surface area contributed by atoms with E-state index in [1.165, 1.54) is 6.92 Å². The van der Waals surface area contributed by atoms with Gasteiger partial charge in [0.25, 0.3) is 0 Å². The van der Waals surface area contributed by atoms with Gasteiger partial charge in [-0.15, -0.1) is 0 Å². The summed E-state index contributed by atoms with van der Waals surface area (Å²) in [5, 5.41) is 23.6. The molecule has 2 amide bonds. The Morgan fingerprint density at radius 2 is 1.90 bits per heavy atom. The third kappa shape index (κ3) is 5.70. The number of carboxylic acids is 1. The molecule has 116 valence electrons. The molecule has 0 aliphatic heterocycles. The van der Waals surface area contributed by atoms with Crippen molar-refractivity contribution >= 4 is 23.4 Å². The topological polar surface area (TPSA) is 102 Å². The van der Waals surface area contributed by atoms with E-state index in [1.807, 2.05) is 31.1 Å². The van der Waals surface area contributed by atoms with Gasteiger partial charge in [-0.25, -0.2) is 4.79 Å². The van der Waals surface area contributed by atoms with Gasteiger partial charge in [0, 0.05) is 20.6 Å². The number of carboxylic acid groups (broad SMARTS) is 1. The summed E-state index contributed by atoms with van der Waals surface area (Å²) in [5.74, 6) is -1.12. The Bertz CT molecular complexity index is 515. The predicted octanol–water partition coefficient (Wildman–Crippen LogP) is 1.10. The van der Waals surface area contributed by atoms with Gasteiger partial charge in [-0.1, -0.05) is 12.1 Å². The average Bonchev–Trinajstić information content (AvgIpc) is 2.35. The Morgan fingerprint density at radius 3 is 2.48 bits per heavy atom. The van der Waals surface area contributed by atoms with Crippen LogP contribution >= 0.6 is 0 Å². The van der Waals surface area contributed by atoms with Gasteiger partial charge in [0.1, 0.15) is 0 Å². The molecule has 21 heavy (non-hydrogen) atoms. The maximum Gasteiger partial charge on any atom is 0.319 e. The van der Waals surface area contributed by atoms with Crippen LogP contribution in [0.3, 0.4) is 0 Å². The van der Waals surface area contributed by atoms with Crippen LogP contribution in [0.5, 0.6) is 0 Å². The molecular formula is C14H21N3O4. The molecule has 7 heteroatoms. The molecule has 0 radical (unpaired) electrons. The van der Waals surface area contributed by atoms with Crippen molar-refractivity contribution in [3.05, 3.63) is 24.3 Å². The first-order valence-electron chi connectivity index (χ1n) is 6.47. The van der Waals surface area contributed by atoms with Crippen molar-refractivity contribution in [1.29, 1.82) is 0 Å². The lowest BCUT2D eigenvalue weighted by molar-refractivity contribution is -0.141. The molecule has 4 N–H and O–H groups in total. The Hall–Kier alpha value is -2.28. The number of carbonyl (C=O) groups excluding carboxylic acids is 1. The number of para-hydroxylation sites is 2. The fourth-order valence-electron chi connectivity index (χ4n) is 1.79. The number of nitrogens with one attached hydrogen (secondary N) is 2. The third-order valence-corrected chi connectivity index (χ3v) is 2.80. The van der Waals surface area contributed by atoms with Gasteiger partial charge in [0.15, 0.2) is 0 Å². The number of hydrogen-bond acceptors (Lipinski definition) is 4. The number of carbonyl (C=O) groups is 2. The van der Waals surface area contributed by atoms with Gasteiger partial charge in [-0.05, 0) is 19.1 Å².